The van der Waals surface area contributed by atoms with Crippen LogP contribution < -0.4 is 0 Å². The summed E-state index contributed by atoms with van der Waals surface area (Å²) in [6.45, 7) is 2.29. The van der Waals surface area contributed by atoms with Gasteiger partial charge in [-0.2, -0.15) is 0 Å². The third-order valence-corrected chi connectivity index (χ3v) is 3.27. The first kappa shape index (κ1) is 6.38. The van der Waals surface area contributed by atoms with Crippen LogP contribution in [0.4, 0.5) is 0 Å². The van der Waals surface area contributed by atoms with Gasteiger partial charge in [-0.15, -0.1) is 0 Å². The molecule has 1 nitrogen and oxygen atoms in total. The average molecular weight is 138 g/mol. The molecular formula is C9H14O. The number of carbonyl (C=O) groups is 1. The lowest BCUT2D eigenvalue weighted by atomic mass is 9.65. The van der Waals surface area contributed by atoms with Crippen LogP contribution in [0.1, 0.15) is 32.6 Å². The number of ketones is 1. The molecule has 3 fully saturated rings. The molecule has 3 aliphatic carbocycles. The highest BCUT2D eigenvalue weighted by molar-refractivity contribution is 5.82. The minimum atomic E-state index is 0.458. The first-order valence-corrected chi connectivity index (χ1v) is 4.30. The van der Waals surface area contributed by atoms with Gasteiger partial charge in [0.2, 0.25) is 0 Å². The van der Waals surface area contributed by atoms with Crippen LogP contribution in [0.25, 0.3) is 0 Å². The molecule has 3 rings (SSSR count). The summed E-state index contributed by atoms with van der Waals surface area (Å²) >= 11 is 0. The third-order valence-electron chi connectivity index (χ3n) is 3.27. The zero-order valence-electron chi connectivity index (χ0n) is 6.47. The molecule has 0 amide bonds. The topological polar surface area (TPSA) is 17.1 Å². The van der Waals surface area contributed by atoms with Crippen molar-refractivity contribution >= 4 is 5.78 Å². The van der Waals surface area contributed by atoms with Crippen LogP contribution in [-0.4, -0.2) is 5.78 Å². The van der Waals surface area contributed by atoms with Gasteiger partial charge in [0.25, 0.3) is 0 Å². The van der Waals surface area contributed by atoms with Crippen molar-refractivity contribution in [2.45, 2.75) is 32.6 Å². The van der Waals surface area contributed by atoms with E-state index >= 15 is 0 Å². The van der Waals surface area contributed by atoms with Gasteiger partial charge in [-0.3, -0.25) is 4.79 Å². The van der Waals surface area contributed by atoms with Crippen LogP contribution in [-0.2, 0) is 4.79 Å². The Morgan fingerprint density at radius 1 is 1.40 bits per heavy atom. The van der Waals surface area contributed by atoms with Crippen molar-refractivity contribution in [3.63, 3.8) is 0 Å². The van der Waals surface area contributed by atoms with E-state index in [1.165, 1.54) is 19.3 Å². The molecule has 0 heterocycles. The van der Waals surface area contributed by atoms with Crippen molar-refractivity contribution in [2.75, 3.05) is 0 Å². The van der Waals surface area contributed by atoms with E-state index in [2.05, 4.69) is 6.92 Å². The first-order valence-electron chi connectivity index (χ1n) is 4.30. The molecule has 0 aromatic carbocycles. The monoisotopic (exact) mass is 138 g/mol. The minimum Gasteiger partial charge on any atom is -0.299 e. The summed E-state index contributed by atoms with van der Waals surface area (Å²) in [7, 11) is 0. The molecule has 3 atom stereocenters. The van der Waals surface area contributed by atoms with E-state index in [1.807, 2.05) is 0 Å². The fraction of sp³-hybridized carbons (Fsp3) is 0.889. The number of Topliss-reactive ketones (excluding diaryl/α,β-unsaturated/α-hetero) is 1. The lowest BCUT2D eigenvalue weighted by Crippen LogP contribution is -2.36. The molecule has 10 heavy (non-hydrogen) atoms. The zero-order valence-corrected chi connectivity index (χ0v) is 6.47. The molecule has 3 saturated carbocycles. The van der Waals surface area contributed by atoms with Gasteiger partial charge < -0.3 is 0 Å². The van der Waals surface area contributed by atoms with Crippen molar-refractivity contribution in [3.8, 4) is 0 Å². The standard InChI is InChI=1S/C9H14O/c1-6-4-8-3-2-7(6)5-9(8)10/h6-8H,2-5H2,1H3/t6-,7-,8-/m1/s1. The number of hydrogen-bond acceptors (Lipinski definition) is 1. The van der Waals surface area contributed by atoms with Gasteiger partial charge in [0.05, 0.1) is 0 Å². The van der Waals surface area contributed by atoms with Gasteiger partial charge in [0.15, 0.2) is 0 Å². The Morgan fingerprint density at radius 3 is 2.50 bits per heavy atom. The quantitative estimate of drug-likeness (QED) is 0.500. The van der Waals surface area contributed by atoms with Crippen LogP contribution in [0.5, 0.6) is 0 Å². The smallest absolute Gasteiger partial charge is 0.136 e. The summed E-state index contributed by atoms with van der Waals surface area (Å²) in [6.07, 6.45) is 4.58. The molecule has 0 radical (unpaired) electrons. The molecule has 0 aromatic rings. The van der Waals surface area contributed by atoms with Crippen molar-refractivity contribution in [2.24, 2.45) is 17.8 Å². The van der Waals surface area contributed by atoms with E-state index in [4.69, 9.17) is 0 Å². The fourth-order valence-corrected chi connectivity index (χ4v) is 2.48. The molecule has 0 N–H and O–H groups in total. The normalized spacial score (nSPS) is 46.1. The van der Waals surface area contributed by atoms with Crippen molar-refractivity contribution in [1.29, 1.82) is 0 Å². The summed E-state index contributed by atoms with van der Waals surface area (Å²) in [5.74, 6) is 2.59. The summed E-state index contributed by atoms with van der Waals surface area (Å²) < 4.78 is 0. The lowest BCUT2D eigenvalue weighted by Gasteiger charge is -2.39. The molecule has 0 saturated heterocycles. The molecule has 0 aromatic heterocycles. The second-order valence-corrected chi connectivity index (χ2v) is 3.92. The highest BCUT2D eigenvalue weighted by atomic mass is 16.1. The van der Waals surface area contributed by atoms with Crippen LogP contribution in [0.2, 0.25) is 0 Å². The Labute approximate surface area is 61.8 Å². The Bertz CT molecular complexity index is 162. The lowest BCUT2D eigenvalue weighted by molar-refractivity contribution is -0.131. The average Bonchev–Trinajstić information content (AvgIpc) is 1.91. The van der Waals surface area contributed by atoms with Gasteiger partial charge in [0.1, 0.15) is 5.78 Å². The van der Waals surface area contributed by atoms with Crippen LogP contribution in [0.3, 0.4) is 0 Å². The van der Waals surface area contributed by atoms with Gasteiger partial charge in [-0.25, -0.2) is 0 Å². The number of fused-ring (bicyclic) bond motifs is 3. The van der Waals surface area contributed by atoms with Gasteiger partial charge in [-0.1, -0.05) is 6.92 Å². The van der Waals surface area contributed by atoms with Crippen LogP contribution >= 0.6 is 0 Å². The van der Waals surface area contributed by atoms with Gasteiger partial charge in [0, 0.05) is 12.3 Å². The van der Waals surface area contributed by atoms with E-state index < -0.39 is 0 Å². The molecule has 56 valence electrons. The zero-order chi connectivity index (χ0) is 7.14. The second kappa shape index (κ2) is 2.08. The number of hydrogen-bond donors (Lipinski definition) is 0. The summed E-state index contributed by atoms with van der Waals surface area (Å²) in [5.41, 5.74) is 0. The summed E-state index contributed by atoms with van der Waals surface area (Å²) in [4.78, 5) is 11.2. The maximum atomic E-state index is 11.2. The number of rotatable bonds is 0. The predicted octanol–water partition coefficient (Wildman–Crippen LogP) is 2.01. The highest BCUT2D eigenvalue weighted by Gasteiger charge is 2.38. The van der Waals surface area contributed by atoms with E-state index in [9.17, 15) is 4.79 Å². The Hall–Kier alpha value is -0.330. The van der Waals surface area contributed by atoms with E-state index in [1.54, 1.807) is 0 Å². The molecule has 0 aliphatic heterocycles. The Morgan fingerprint density at radius 2 is 2.20 bits per heavy atom. The molecule has 0 spiro atoms. The van der Waals surface area contributed by atoms with Gasteiger partial charge in [-0.05, 0) is 31.1 Å². The van der Waals surface area contributed by atoms with Crippen LogP contribution in [0.15, 0.2) is 0 Å². The minimum absolute atomic E-state index is 0.458. The highest BCUT2D eigenvalue weighted by Crippen LogP contribution is 2.42. The van der Waals surface area contributed by atoms with E-state index in [0.717, 1.165) is 18.3 Å². The van der Waals surface area contributed by atoms with E-state index in [0.29, 0.717) is 11.7 Å². The third kappa shape index (κ3) is 0.799. The van der Waals surface area contributed by atoms with Crippen molar-refractivity contribution < 1.29 is 4.79 Å². The largest absolute Gasteiger partial charge is 0.299 e. The fourth-order valence-electron chi connectivity index (χ4n) is 2.48. The molecular weight excluding hydrogens is 124 g/mol. The Balaban J connectivity index is 2.16. The van der Waals surface area contributed by atoms with Crippen molar-refractivity contribution in [1.82, 2.24) is 0 Å². The molecule has 3 aliphatic rings. The van der Waals surface area contributed by atoms with E-state index in [-0.39, 0.29) is 0 Å². The number of carbonyl (C=O) groups excluding carboxylic acids is 1. The first-order chi connectivity index (χ1) is 4.77. The maximum absolute atomic E-state index is 11.2. The Kier molecular flexibility index (Phi) is 1.33. The summed E-state index contributed by atoms with van der Waals surface area (Å²) in [6, 6.07) is 0. The second-order valence-electron chi connectivity index (χ2n) is 3.92. The predicted molar refractivity (Wildman–Crippen MR) is 39.6 cm³/mol. The van der Waals surface area contributed by atoms with Crippen LogP contribution in [0, 0.1) is 17.8 Å². The SMILES string of the molecule is C[C@@H]1C[C@H]2CC[C@@H]1CC2=O. The summed E-state index contributed by atoms with van der Waals surface area (Å²) in [5, 5.41) is 0. The molecule has 2 bridgehead atoms. The van der Waals surface area contributed by atoms with Crippen molar-refractivity contribution in [3.05, 3.63) is 0 Å². The molecule has 1 heteroatoms. The van der Waals surface area contributed by atoms with Gasteiger partial charge >= 0.3 is 0 Å². The molecule has 0 unspecified atom stereocenters. The maximum Gasteiger partial charge on any atom is 0.136 e.